The van der Waals surface area contributed by atoms with Gasteiger partial charge in [-0.3, -0.25) is 14.5 Å². The maximum atomic E-state index is 13.0. The van der Waals surface area contributed by atoms with Gasteiger partial charge in [-0.2, -0.15) is 4.98 Å². The molecule has 0 bridgehead atoms. The zero-order chi connectivity index (χ0) is 22.2. The predicted molar refractivity (Wildman–Crippen MR) is 120 cm³/mol. The summed E-state index contributed by atoms with van der Waals surface area (Å²) in [6.45, 7) is 7.77. The van der Waals surface area contributed by atoms with Crippen molar-refractivity contribution in [2.75, 3.05) is 32.7 Å². The highest BCUT2D eigenvalue weighted by atomic mass is 16.2. The van der Waals surface area contributed by atoms with Crippen LogP contribution in [0.25, 0.3) is 0 Å². The molecule has 1 aromatic rings. The van der Waals surface area contributed by atoms with E-state index in [9.17, 15) is 14.4 Å². The fraction of sp³-hybridized carbons (Fsp3) is 0.739. The number of carbonyl (C=O) groups is 2. The van der Waals surface area contributed by atoms with Gasteiger partial charge in [-0.05, 0) is 71.0 Å². The van der Waals surface area contributed by atoms with Gasteiger partial charge in [-0.1, -0.05) is 6.42 Å². The number of piperidine rings is 1. The molecule has 31 heavy (non-hydrogen) atoms. The number of aromatic amines is 1. The normalized spacial score (nSPS) is 21.9. The minimum absolute atomic E-state index is 0.127. The van der Waals surface area contributed by atoms with Gasteiger partial charge in [0.15, 0.2) is 0 Å². The summed E-state index contributed by atoms with van der Waals surface area (Å²) in [6.07, 6.45) is 7.88. The van der Waals surface area contributed by atoms with Gasteiger partial charge in [0.25, 0.3) is 0 Å². The SMILES string of the molecule is Cc1nc(=O)[nH]c(C)c1CCC(=O)N1CCCCN2CCCCC2CC(=O)NCCC1. The summed E-state index contributed by atoms with van der Waals surface area (Å²) in [7, 11) is 0. The van der Waals surface area contributed by atoms with Crippen molar-refractivity contribution in [1.29, 1.82) is 0 Å². The molecule has 2 amide bonds. The van der Waals surface area contributed by atoms with Gasteiger partial charge >= 0.3 is 5.69 Å². The Balaban J connectivity index is 1.58. The Bertz CT molecular complexity index is 796. The number of aromatic nitrogens is 2. The Morgan fingerprint density at radius 3 is 2.52 bits per heavy atom. The zero-order valence-corrected chi connectivity index (χ0v) is 19.0. The van der Waals surface area contributed by atoms with Gasteiger partial charge in [0.05, 0.1) is 0 Å². The molecule has 0 aliphatic carbocycles. The second kappa shape index (κ2) is 11.4. The number of aryl methyl sites for hydroxylation is 2. The number of nitrogens with zero attached hydrogens (tertiary/aromatic N) is 3. The molecule has 2 aliphatic rings. The molecule has 2 N–H and O–H groups in total. The standard InChI is InChI=1S/C23H37N5O3/c1-17-20(18(2)26-23(31)25-17)9-10-22(30)28-14-6-5-13-27-12-4-3-8-19(27)16-21(29)24-11-7-15-28/h19H,3-16H2,1-2H3,(H,24,29)(H,25,26,31). The highest BCUT2D eigenvalue weighted by molar-refractivity contribution is 5.77. The highest BCUT2D eigenvalue weighted by Gasteiger charge is 2.25. The Labute approximate surface area is 184 Å². The molecule has 3 rings (SSSR count). The number of hydrogen-bond donors (Lipinski definition) is 2. The van der Waals surface area contributed by atoms with Crippen molar-refractivity contribution in [2.24, 2.45) is 0 Å². The van der Waals surface area contributed by atoms with Crippen LogP contribution in [-0.2, 0) is 16.0 Å². The molecule has 172 valence electrons. The lowest BCUT2D eigenvalue weighted by molar-refractivity contribution is -0.131. The minimum atomic E-state index is -0.345. The lowest BCUT2D eigenvalue weighted by Gasteiger charge is -2.35. The van der Waals surface area contributed by atoms with Crippen LogP contribution in [0.4, 0.5) is 0 Å². The summed E-state index contributed by atoms with van der Waals surface area (Å²) in [6, 6.07) is 0.365. The Morgan fingerprint density at radius 2 is 1.74 bits per heavy atom. The molecule has 1 aromatic heterocycles. The number of nitrogens with one attached hydrogen (secondary N) is 2. The fourth-order valence-corrected chi connectivity index (χ4v) is 4.86. The van der Waals surface area contributed by atoms with Gasteiger partial charge in [0.2, 0.25) is 11.8 Å². The molecule has 0 spiro atoms. The molecule has 2 fully saturated rings. The lowest BCUT2D eigenvalue weighted by Crippen LogP contribution is -2.43. The first-order chi connectivity index (χ1) is 14.9. The van der Waals surface area contributed by atoms with Crippen molar-refractivity contribution in [1.82, 2.24) is 25.1 Å². The van der Waals surface area contributed by atoms with E-state index in [2.05, 4.69) is 20.2 Å². The van der Waals surface area contributed by atoms with Gasteiger partial charge in [-0.25, -0.2) is 4.79 Å². The second-order valence-corrected chi connectivity index (χ2v) is 8.91. The summed E-state index contributed by atoms with van der Waals surface area (Å²) < 4.78 is 0. The first-order valence-corrected chi connectivity index (χ1v) is 11.8. The Morgan fingerprint density at radius 1 is 1.03 bits per heavy atom. The molecule has 8 nitrogen and oxygen atoms in total. The van der Waals surface area contributed by atoms with E-state index in [0.29, 0.717) is 44.1 Å². The van der Waals surface area contributed by atoms with Gasteiger partial charge in [0.1, 0.15) is 0 Å². The van der Waals surface area contributed by atoms with E-state index in [0.717, 1.165) is 56.6 Å². The first-order valence-electron chi connectivity index (χ1n) is 11.8. The van der Waals surface area contributed by atoms with Crippen LogP contribution in [0, 0.1) is 13.8 Å². The van der Waals surface area contributed by atoms with Crippen LogP contribution < -0.4 is 11.0 Å². The van der Waals surface area contributed by atoms with Crippen LogP contribution >= 0.6 is 0 Å². The van der Waals surface area contributed by atoms with Gasteiger partial charge in [-0.15, -0.1) is 0 Å². The summed E-state index contributed by atoms with van der Waals surface area (Å²) in [5.74, 6) is 0.257. The van der Waals surface area contributed by atoms with Crippen molar-refractivity contribution in [3.05, 3.63) is 27.4 Å². The molecule has 0 aromatic carbocycles. The van der Waals surface area contributed by atoms with E-state index in [4.69, 9.17) is 0 Å². The number of amides is 2. The smallest absolute Gasteiger partial charge is 0.345 e. The van der Waals surface area contributed by atoms with E-state index in [1.807, 2.05) is 18.7 Å². The number of hydrogen-bond acceptors (Lipinski definition) is 5. The summed E-state index contributed by atoms with van der Waals surface area (Å²) in [4.78, 5) is 47.9. The minimum Gasteiger partial charge on any atom is -0.356 e. The van der Waals surface area contributed by atoms with Gasteiger partial charge < -0.3 is 15.2 Å². The third-order valence-electron chi connectivity index (χ3n) is 6.62. The van der Waals surface area contributed by atoms with E-state index in [-0.39, 0.29) is 17.5 Å². The van der Waals surface area contributed by atoms with Crippen molar-refractivity contribution in [3.8, 4) is 0 Å². The maximum Gasteiger partial charge on any atom is 0.345 e. The molecule has 3 heterocycles. The van der Waals surface area contributed by atoms with Crippen LogP contribution in [0.3, 0.4) is 0 Å². The monoisotopic (exact) mass is 431 g/mol. The van der Waals surface area contributed by atoms with Crippen molar-refractivity contribution < 1.29 is 9.59 Å². The molecule has 1 unspecified atom stereocenters. The highest BCUT2D eigenvalue weighted by Crippen LogP contribution is 2.20. The van der Waals surface area contributed by atoms with E-state index < -0.39 is 0 Å². The third kappa shape index (κ3) is 6.89. The Hall–Kier alpha value is -2.22. The number of rotatable bonds is 3. The van der Waals surface area contributed by atoms with Crippen LogP contribution in [0.5, 0.6) is 0 Å². The summed E-state index contributed by atoms with van der Waals surface area (Å²) >= 11 is 0. The summed E-state index contributed by atoms with van der Waals surface area (Å²) in [5.41, 5.74) is 2.08. The number of fused-ring (bicyclic) bond motifs is 1. The average Bonchev–Trinajstić information content (AvgIpc) is 2.73. The molecule has 8 heteroatoms. The first kappa shape index (κ1) is 23.4. The number of carbonyl (C=O) groups excluding carboxylic acids is 2. The van der Waals surface area contributed by atoms with Crippen LogP contribution in [0.15, 0.2) is 4.79 Å². The Kier molecular flexibility index (Phi) is 8.63. The molecular weight excluding hydrogens is 394 g/mol. The van der Waals surface area contributed by atoms with E-state index in [1.165, 1.54) is 12.8 Å². The lowest BCUT2D eigenvalue weighted by atomic mass is 9.98. The average molecular weight is 432 g/mol. The largest absolute Gasteiger partial charge is 0.356 e. The second-order valence-electron chi connectivity index (χ2n) is 8.91. The van der Waals surface area contributed by atoms with E-state index >= 15 is 0 Å². The fourth-order valence-electron chi connectivity index (χ4n) is 4.86. The molecule has 2 aliphatic heterocycles. The van der Waals surface area contributed by atoms with Crippen LogP contribution in [0.2, 0.25) is 0 Å². The molecule has 0 radical (unpaired) electrons. The van der Waals surface area contributed by atoms with Crippen molar-refractivity contribution in [2.45, 2.75) is 77.7 Å². The predicted octanol–water partition coefficient (Wildman–Crippen LogP) is 1.69. The molecular formula is C23H37N5O3. The topological polar surface area (TPSA) is 98.4 Å². The molecule has 0 saturated carbocycles. The summed E-state index contributed by atoms with van der Waals surface area (Å²) in [5, 5.41) is 3.05. The van der Waals surface area contributed by atoms with Crippen molar-refractivity contribution in [3.63, 3.8) is 0 Å². The van der Waals surface area contributed by atoms with Crippen LogP contribution in [0.1, 0.15) is 68.3 Å². The quantitative estimate of drug-likeness (QED) is 0.759. The van der Waals surface area contributed by atoms with Crippen LogP contribution in [-0.4, -0.2) is 70.3 Å². The molecule has 1 atom stereocenters. The van der Waals surface area contributed by atoms with Crippen molar-refractivity contribution >= 4 is 11.8 Å². The zero-order valence-electron chi connectivity index (χ0n) is 19.0. The third-order valence-corrected chi connectivity index (χ3v) is 6.62. The number of H-pyrrole nitrogens is 1. The maximum absolute atomic E-state index is 13.0. The van der Waals surface area contributed by atoms with Gasteiger partial charge in [0, 0.05) is 49.9 Å². The van der Waals surface area contributed by atoms with E-state index in [1.54, 1.807) is 0 Å². The molecule has 2 saturated heterocycles.